The van der Waals surface area contributed by atoms with Gasteiger partial charge in [0, 0.05) is 37.7 Å². The van der Waals surface area contributed by atoms with E-state index in [1.165, 1.54) is 26.0 Å². The molecule has 1 amide bonds. The first-order valence-corrected chi connectivity index (χ1v) is 23.1. The normalized spacial score (nSPS) is 29.5. The molecule has 0 unspecified atom stereocenters. The molecule has 0 spiro atoms. The lowest BCUT2D eigenvalue weighted by Crippen LogP contribution is -2.82. The van der Waals surface area contributed by atoms with Crippen molar-refractivity contribution in [3.8, 4) is 5.75 Å². The number of benzene rings is 4. The van der Waals surface area contributed by atoms with Gasteiger partial charge in [0.05, 0.1) is 35.6 Å². The highest BCUT2D eigenvalue weighted by atomic mass is 16.6. The molecule has 4 N–H and O–H groups in total. The summed E-state index contributed by atoms with van der Waals surface area (Å²) in [5, 5.41) is 40.8. The molecule has 1 aliphatic heterocycles. The van der Waals surface area contributed by atoms with Crippen molar-refractivity contribution in [3.63, 3.8) is 0 Å². The Morgan fingerprint density at radius 3 is 1.97 bits per heavy atom. The number of carbonyl (C=O) groups is 6. The Morgan fingerprint density at radius 2 is 1.40 bits per heavy atom. The number of ketones is 1. The van der Waals surface area contributed by atoms with Crippen LogP contribution in [0.1, 0.15) is 92.3 Å². The van der Waals surface area contributed by atoms with E-state index in [4.69, 9.17) is 28.4 Å². The minimum absolute atomic E-state index is 0.0186. The van der Waals surface area contributed by atoms with Crippen LogP contribution in [0.15, 0.2) is 126 Å². The Kier molecular flexibility index (Phi) is 13.7. The lowest BCUT2D eigenvalue weighted by Gasteiger charge is -2.67. The summed E-state index contributed by atoms with van der Waals surface area (Å²) in [6, 6.07) is 30.5. The van der Waals surface area contributed by atoms with E-state index in [2.05, 4.69) is 5.32 Å². The average molecular weight is 960 g/mol. The minimum Gasteiger partial charge on any atom is -0.489 e. The van der Waals surface area contributed by atoms with Crippen molar-refractivity contribution in [2.45, 2.75) is 115 Å². The fourth-order valence-corrected chi connectivity index (χ4v) is 11.0. The third kappa shape index (κ3) is 8.78. The zero-order valence-corrected chi connectivity index (χ0v) is 39.7. The van der Waals surface area contributed by atoms with E-state index < -0.39 is 113 Å². The lowest BCUT2D eigenvalue weighted by molar-refractivity contribution is -0.346. The van der Waals surface area contributed by atoms with Crippen LogP contribution in [0.2, 0.25) is 0 Å². The summed E-state index contributed by atoms with van der Waals surface area (Å²) in [4.78, 5) is 84.5. The molecule has 4 aliphatic rings. The predicted molar refractivity (Wildman–Crippen MR) is 248 cm³/mol. The number of hydrogen-bond donors (Lipinski definition) is 4. The van der Waals surface area contributed by atoms with Gasteiger partial charge >= 0.3 is 23.9 Å². The van der Waals surface area contributed by atoms with Crippen LogP contribution in [0, 0.1) is 16.7 Å². The van der Waals surface area contributed by atoms with Gasteiger partial charge in [-0.15, -0.1) is 0 Å². The van der Waals surface area contributed by atoms with E-state index in [0.29, 0.717) is 11.3 Å². The Morgan fingerprint density at radius 1 is 0.800 bits per heavy atom. The zero-order chi connectivity index (χ0) is 50.3. The quantitative estimate of drug-likeness (QED) is 0.0756. The molecule has 11 atom stereocenters. The Labute approximate surface area is 404 Å². The largest absolute Gasteiger partial charge is 0.489 e. The first-order chi connectivity index (χ1) is 33.2. The van der Waals surface area contributed by atoms with Crippen molar-refractivity contribution in [1.82, 2.24) is 5.32 Å². The number of esters is 4. The summed E-state index contributed by atoms with van der Waals surface area (Å²) in [5.41, 5.74) is -6.34. The Bertz CT molecular complexity index is 2670. The second-order valence-electron chi connectivity index (χ2n) is 19.3. The van der Waals surface area contributed by atoms with Crippen molar-refractivity contribution in [2.24, 2.45) is 16.7 Å². The van der Waals surface area contributed by atoms with E-state index in [0.717, 1.165) is 19.4 Å². The van der Waals surface area contributed by atoms with Gasteiger partial charge in [0.2, 0.25) is 0 Å². The molecule has 2 bridgehead atoms. The molecular formula is C54H57NO15. The SMILES string of the molecule is CC(=O)O[C@H]1C(=O)[C@@]2(C)[C@H]([C@H](OC(=O)c3ccccc3)[C@]3(O)C[C@H](OC(=O)[C@H](O)[C@@H](NC(=O)c4ccccc4)c4ccc(OCc5ccccc5)cc4)C(C)=C1C3(C)C)[C@]1(OC(C)=O)CO[C@@H]1C[C@@H]2O. The van der Waals surface area contributed by atoms with Gasteiger partial charge in [-0.2, -0.15) is 0 Å². The maximum Gasteiger partial charge on any atom is 0.338 e. The van der Waals surface area contributed by atoms with Crippen LogP contribution < -0.4 is 10.1 Å². The monoisotopic (exact) mass is 959 g/mol. The molecule has 368 valence electrons. The molecule has 1 heterocycles. The summed E-state index contributed by atoms with van der Waals surface area (Å²) in [6.07, 6.45) is -10.7. The van der Waals surface area contributed by atoms with Crippen molar-refractivity contribution in [3.05, 3.63) is 149 Å². The third-order valence-electron chi connectivity index (χ3n) is 14.8. The first-order valence-electron chi connectivity index (χ1n) is 23.1. The second-order valence-corrected chi connectivity index (χ2v) is 19.3. The first kappa shape index (κ1) is 49.7. The molecule has 1 saturated heterocycles. The topological polar surface area (TPSA) is 231 Å². The molecule has 0 radical (unpaired) electrons. The summed E-state index contributed by atoms with van der Waals surface area (Å²) < 4.78 is 36.5. The molecule has 70 heavy (non-hydrogen) atoms. The number of Topliss-reactive ketones (excluding diaryl/α,β-unsaturated/α-hetero) is 1. The number of ether oxygens (including phenoxy) is 6. The van der Waals surface area contributed by atoms with Gasteiger partial charge in [-0.1, -0.05) is 92.7 Å². The summed E-state index contributed by atoms with van der Waals surface area (Å²) >= 11 is 0. The van der Waals surface area contributed by atoms with Gasteiger partial charge < -0.3 is 49.1 Å². The number of fused-ring (bicyclic) bond motifs is 5. The van der Waals surface area contributed by atoms with Crippen LogP contribution in [0.3, 0.4) is 0 Å². The number of rotatable bonds is 13. The third-order valence-corrected chi connectivity index (χ3v) is 14.8. The molecule has 2 saturated carbocycles. The summed E-state index contributed by atoms with van der Waals surface area (Å²) in [5.74, 6) is -6.50. The minimum atomic E-state index is -2.42. The van der Waals surface area contributed by atoms with E-state index in [9.17, 15) is 39.3 Å². The molecule has 16 heteroatoms. The molecule has 4 aromatic carbocycles. The number of nitrogens with one attached hydrogen (secondary N) is 1. The molecule has 8 rings (SSSR count). The predicted octanol–water partition coefficient (Wildman–Crippen LogP) is 5.31. The van der Waals surface area contributed by atoms with Crippen molar-refractivity contribution >= 4 is 35.6 Å². The number of aliphatic hydroxyl groups is 3. The number of aliphatic hydroxyl groups excluding tert-OH is 2. The molecule has 16 nitrogen and oxygen atoms in total. The van der Waals surface area contributed by atoms with E-state index in [-0.39, 0.29) is 41.9 Å². The zero-order valence-electron chi connectivity index (χ0n) is 39.7. The summed E-state index contributed by atoms with van der Waals surface area (Å²) in [6.45, 7) is 8.21. The maximum atomic E-state index is 15.6. The van der Waals surface area contributed by atoms with Crippen LogP contribution in [0.5, 0.6) is 5.75 Å². The van der Waals surface area contributed by atoms with Gasteiger partial charge in [-0.05, 0) is 72.5 Å². The molecule has 0 aromatic heterocycles. The van der Waals surface area contributed by atoms with Crippen LogP contribution in [0.25, 0.3) is 0 Å². The number of hydrogen-bond acceptors (Lipinski definition) is 15. The molecule has 3 fully saturated rings. The van der Waals surface area contributed by atoms with Crippen LogP contribution >= 0.6 is 0 Å². The van der Waals surface area contributed by atoms with Gasteiger partial charge in [-0.3, -0.25) is 19.2 Å². The van der Waals surface area contributed by atoms with Crippen molar-refractivity contribution in [1.29, 1.82) is 0 Å². The maximum absolute atomic E-state index is 15.6. The molecule has 3 aliphatic carbocycles. The highest BCUT2D eigenvalue weighted by molar-refractivity contribution is 5.96. The lowest BCUT2D eigenvalue weighted by atomic mass is 9.44. The fourth-order valence-electron chi connectivity index (χ4n) is 11.0. The van der Waals surface area contributed by atoms with E-state index in [1.54, 1.807) is 86.6 Å². The van der Waals surface area contributed by atoms with Crippen molar-refractivity contribution in [2.75, 3.05) is 6.61 Å². The average Bonchev–Trinajstić information content (AvgIpc) is 3.34. The smallest absolute Gasteiger partial charge is 0.338 e. The molecular weight excluding hydrogens is 903 g/mol. The molecule has 4 aromatic rings. The van der Waals surface area contributed by atoms with E-state index >= 15 is 4.79 Å². The summed E-state index contributed by atoms with van der Waals surface area (Å²) in [7, 11) is 0. The van der Waals surface area contributed by atoms with Gasteiger partial charge in [-0.25, -0.2) is 9.59 Å². The van der Waals surface area contributed by atoms with Crippen LogP contribution in [0.4, 0.5) is 0 Å². The standard InChI is InChI=1S/C54H57NO15/c1-30-38(68-50(63)43(59)42(55-48(61)35-18-12-8-13-19-35)34-22-24-37(25-23-34)65-28-33-16-10-7-11-17-33)27-54(64)47(69-49(62)36-20-14-9-15-21-36)45-52(6,39(58)26-40-53(45,29-66-40)70-32(3)57)46(60)44(67-31(2)56)41(30)51(54,4)5/h7-25,38-40,42-45,47,58-59,64H,26-29H2,1-6H3,(H,55,61)/t38-,39-,40+,42-,43+,44+,45-,47-,52+,53-,54+/m0/s1. The Hall–Kier alpha value is -6.72. The highest BCUT2D eigenvalue weighted by Crippen LogP contribution is 2.64. The van der Waals surface area contributed by atoms with Crippen LogP contribution in [-0.2, 0) is 49.5 Å². The van der Waals surface area contributed by atoms with Gasteiger partial charge in [0.1, 0.15) is 36.3 Å². The highest BCUT2D eigenvalue weighted by Gasteiger charge is 2.78. The van der Waals surface area contributed by atoms with Crippen LogP contribution in [-0.4, -0.2) is 105 Å². The van der Waals surface area contributed by atoms with Gasteiger partial charge in [0.25, 0.3) is 5.91 Å². The second kappa shape index (κ2) is 19.2. The Balaban J connectivity index is 1.22. The number of carbonyl (C=O) groups excluding carboxylic acids is 6. The number of amides is 1. The van der Waals surface area contributed by atoms with Crippen molar-refractivity contribution < 1.29 is 72.5 Å². The van der Waals surface area contributed by atoms with Gasteiger partial charge in [0.15, 0.2) is 23.6 Å². The fraction of sp³-hybridized carbons (Fsp3) is 0.407. The van der Waals surface area contributed by atoms with E-state index in [1.807, 2.05) is 30.3 Å².